The van der Waals surface area contributed by atoms with E-state index in [9.17, 15) is 8.42 Å². The second-order valence-electron chi connectivity index (χ2n) is 10.2. The number of ether oxygens (including phenoxy) is 1. The van der Waals surface area contributed by atoms with Gasteiger partial charge < -0.3 is 15.8 Å². The number of anilines is 2. The first kappa shape index (κ1) is 23.0. The molecular formula is C25H31N5O3S. The Labute approximate surface area is 200 Å². The predicted octanol–water partition coefficient (Wildman–Crippen LogP) is 4.07. The van der Waals surface area contributed by atoms with Crippen LogP contribution in [0.4, 0.5) is 11.6 Å². The van der Waals surface area contributed by atoms with Gasteiger partial charge in [-0.25, -0.2) is 23.4 Å². The molecule has 9 heteroatoms. The van der Waals surface area contributed by atoms with E-state index in [2.05, 4.69) is 20.3 Å². The van der Waals surface area contributed by atoms with Crippen LogP contribution in [0.3, 0.4) is 0 Å². The Morgan fingerprint density at radius 3 is 2.41 bits per heavy atom. The second kappa shape index (κ2) is 8.16. The molecule has 3 aromatic heterocycles. The molecule has 0 saturated heterocycles. The van der Waals surface area contributed by atoms with Crippen LogP contribution in [0, 0.1) is 13.8 Å². The highest BCUT2D eigenvalue weighted by molar-refractivity contribution is 7.93. The summed E-state index contributed by atoms with van der Waals surface area (Å²) in [5.74, 6) is 1.81. The van der Waals surface area contributed by atoms with Crippen LogP contribution in [0.15, 0.2) is 30.6 Å². The zero-order valence-electron chi connectivity index (χ0n) is 20.0. The Hall–Kier alpha value is -2.78. The van der Waals surface area contributed by atoms with Crippen LogP contribution >= 0.6 is 0 Å². The number of sulfone groups is 1. The maximum atomic E-state index is 12.5. The highest BCUT2D eigenvalue weighted by Gasteiger charge is 2.47. The number of aryl methyl sites for hydroxylation is 2. The number of aromatic nitrogens is 3. The minimum absolute atomic E-state index is 0.134. The van der Waals surface area contributed by atoms with E-state index in [4.69, 9.17) is 10.5 Å². The zero-order valence-corrected chi connectivity index (χ0v) is 20.8. The summed E-state index contributed by atoms with van der Waals surface area (Å²) >= 11 is 0. The zero-order chi connectivity index (χ0) is 24.3. The van der Waals surface area contributed by atoms with Crippen LogP contribution in [0.25, 0.3) is 10.8 Å². The summed E-state index contributed by atoms with van der Waals surface area (Å²) in [6.45, 7) is 7.86. The van der Waals surface area contributed by atoms with Crippen molar-refractivity contribution in [3.63, 3.8) is 0 Å². The number of nitrogens with two attached hydrogens (primary N) is 1. The first-order chi connectivity index (χ1) is 16.0. The Morgan fingerprint density at radius 2 is 1.76 bits per heavy atom. The lowest BCUT2D eigenvalue weighted by Gasteiger charge is -2.35. The summed E-state index contributed by atoms with van der Waals surface area (Å²) in [5.41, 5.74) is 8.78. The molecule has 0 atom stereocenters. The molecule has 3 aromatic rings. The Morgan fingerprint density at radius 1 is 1.03 bits per heavy atom. The number of nitrogens with zero attached hydrogens (tertiary/aromatic N) is 3. The Kier molecular flexibility index (Phi) is 5.52. The molecule has 0 radical (unpaired) electrons. The molecule has 5 rings (SSSR count). The number of hydrogen-bond acceptors (Lipinski definition) is 8. The van der Waals surface area contributed by atoms with Gasteiger partial charge in [0.05, 0.1) is 15.9 Å². The van der Waals surface area contributed by atoms with Gasteiger partial charge >= 0.3 is 0 Å². The van der Waals surface area contributed by atoms with Gasteiger partial charge in [0.1, 0.15) is 17.7 Å². The van der Waals surface area contributed by atoms with E-state index in [-0.39, 0.29) is 16.6 Å². The molecule has 0 bridgehead atoms. The monoisotopic (exact) mass is 481 g/mol. The molecule has 2 aliphatic rings. The molecule has 2 fully saturated rings. The number of nitrogens with one attached hydrogen (secondary N) is 1. The quantitative estimate of drug-likeness (QED) is 0.518. The van der Waals surface area contributed by atoms with Crippen molar-refractivity contribution in [1.82, 2.24) is 15.0 Å². The van der Waals surface area contributed by atoms with E-state index in [1.54, 1.807) is 12.4 Å². The number of hydrogen-bond donors (Lipinski definition) is 2. The third-order valence-electron chi connectivity index (χ3n) is 6.82. The van der Waals surface area contributed by atoms with Crippen molar-refractivity contribution in [2.24, 2.45) is 5.73 Å². The lowest BCUT2D eigenvalue weighted by atomic mass is 9.92. The van der Waals surface area contributed by atoms with Gasteiger partial charge in [-0.15, -0.1) is 0 Å². The molecule has 180 valence electrons. The minimum atomic E-state index is -3.01. The van der Waals surface area contributed by atoms with Crippen LogP contribution in [0.2, 0.25) is 0 Å². The Bertz CT molecular complexity index is 1360. The molecule has 3 N–H and O–H groups in total. The molecule has 0 aromatic carbocycles. The summed E-state index contributed by atoms with van der Waals surface area (Å²) < 4.78 is 31.1. The summed E-state index contributed by atoms with van der Waals surface area (Å²) in [6.07, 6.45) is 5.93. The van der Waals surface area contributed by atoms with Crippen LogP contribution in [0.1, 0.15) is 56.4 Å². The lowest BCUT2D eigenvalue weighted by molar-refractivity contribution is 0.119. The maximum Gasteiger partial charge on any atom is 0.223 e. The normalized spacial score (nSPS) is 20.7. The summed E-state index contributed by atoms with van der Waals surface area (Å²) in [5, 5.41) is 4.49. The van der Waals surface area contributed by atoms with Crippen LogP contribution in [-0.4, -0.2) is 40.0 Å². The highest BCUT2D eigenvalue weighted by atomic mass is 32.2. The maximum absolute atomic E-state index is 12.5. The summed E-state index contributed by atoms with van der Waals surface area (Å²) in [6, 6.07) is 5.88. The van der Waals surface area contributed by atoms with Gasteiger partial charge in [0.15, 0.2) is 9.84 Å². The topological polar surface area (TPSA) is 120 Å². The van der Waals surface area contributed by atoms with Crippen molar-refractivity contribution in [2.75, 3.05) is 5.32 Å². The first-order valence-corrected chi connectivity index (χ1v) is 13.3. The average Bonchev–Trinajstić information content (AvgIpc) is 3.58. The molecule has 0 aliphatic heterocycles. The smallest absolute Gasteiger partial charge is 0.223 e. The van der Waals surface area contributed by atoms with Crippen molar-refractivity contribution in [3.05, 3.63) is 47.4 Å². The van der Waals surface area contributed by atoms with Crippen molar-refractivity contribution >= 4 is 32.2 Å². The van der Waals surface area contributed by atoms with E-state index in [0.29, 0.717) is 30.4 Å². The van der Waals surface area contributed by atoms with E-state index in [1.807, 2.05) is 45.9 Å². The first-order valence-electron chi connectivity index (χ1n) is 11.7. The van der Waals surface area contributed by atoms with Crippen LogP contribution in [0.5, 0.6) is 5.88 Å². The summed E-state index contributed by atoms with van der Waals surface area (Å²) in [4.78, 5) is 13.7. The average molecular weight is 482 g/mol. The SMILES string of the molecule is Cc1ccc(Nc2cc3c(C(C)(C)N)cnc(O[C@H]4C[C@@H](S(=O)(=O)C5CC5)C4)c3cn2)nc1C. The van der Waals surface area contributed by atoms with Gasteiger partial charge in [0, 0.05) is 36.5 Å². The standard InChI is InChI=1S/C25H31N5O3S/c1-14-5-8-22(29-15(14)2)30-23-11-19-20(12-27-23)24(28-13-21(19)25(3,4)26)33-16-9-18(10-16)34(31,32)17-6-7-17/h5,8,11-13,16-18H,6-7,9-10,26H2,1-4H3,(H,27,29,30)/t16-,18+. The molecule has 34 heavy (non-hydrogen) atoms. The van der Waals surface area contributed by atoms with E-state index in [0.717, 1.165) is 40.4 Å². The molecule has 2 aliphatic carbocycles. The molecule has 3 heterocycles. The van der Waals surface area contributed by atoms with Crippen LogP contribution < -0.4 is 15.8 Å². The fraction of sp³-hybridized carbons (Fsp3) is 0.480. The van der Waals surface area contributed by atoms with E-state index < -0.39 is 15.4 Å². The number of fused-ring (bicyclic) bond motifs is 1. The van der Waals surface area contributed by atoms with E-state index >= 15 is 0 Å². The van der Waals surface area contributed by atoms with Crippen LogP contribution in [-0.2, 0) is 15.4 Å². The van der Waals surface area contributed by atoms with Crippen molar-refractivity contribution in [1.29, 1.82) is 0 Å². The highest BCUT2D eigenvalue weighted by Crippen LogP contribution is 2.41. The number of pyridine rings is 3. The molecule has 8 nitrogen and oxygen atoms in total. The van der Waals surface area contributed by atoms with Crippen molar-refractivity contribution < 1.29 is 13.2 Å². The third-order valence-corrected chi connectivity index (χ3v) is 9.53. The van der Waals surface area contributed by atoms with Gasteiger partial charge in [-0.2, -0.15) is 0 Å². The fourth-order valence-electron chi connectivity index (χ4n) is 4.33. The van der Waals surface area contributed by atoms with Crippen molar-refractivity contribution in [3.8, 4) is 5.88 Å². The molecule has 2 saturated carbocycles. The molecular weight excluding hydrogens is 450 g/mol. The molecule has 0 unspecified atom stereocenters. The van der Waals surface area contributed by atoms with Gasteiger partial charge in [0.25, 0.3) is 0 Å². The molecule has 0 spiro atoms. The van der Waals surface area contributed by atoms with E-state index in [1.165, 1.54) is 0 Å². The van der Waals surface area contributed by atoms with Crippen molar-refractivity contribution in [2.45, 2.75) is 75.5 Å². The van der Waals surface area contributed by atoms with Gasteiger partial charge in [0.2, 0.25) is 5.88 Å². The lowest BCUT2D eigenvalue weighted by Crippen LogP contribution is -2.44. The molecule has 0 amide bonds. The third kappa shape index (κ3) is 4.34. The Balaban J connectivity index is 1.42. The minimum Gasteiger partial charge on any atom is -0.474 e. The summed E-state index contributed by atoms with van der Waals surface area (Å²) in [7, 11) is -3.01. The second-order valence-corrected chi connectivity index (χ2v) is 12.7. The number of rotatable bonds is 7. The predicted molar refractivity (Wildman–Crippen MR) is 133 cm³/mol. The fourth-order valence-corrected chi connectivity index (χ4v) is 6.63. The van der Waals surface area contributed by atoms with Gasteiger partial charge in [-0.3, -0.25) is 0 Å². The van der Waals surface area contributed by atoms with Gasteiger partial charge in [-0.1, -0.05) is 6.07 Å². The largest absolute Gasteiger partial charge is 0.474 e. The van der Waals surface area contributed by atoms with Gasteiger partial charge in [-0.05, 0) is 69.2 Å².